The quantitative estimate of drug-likeness (QED) is 0.686. The number of halogens is 2. The van der Waals surface area contributed by atoms with E-state index in [1.165, 1.54) is 17.0 Å². The molecule has 1 aromatic heterocycles. The first-order valence-corrected chi connectivity index (χ1v) is 6.93. The Labute approximate surface area is 121 Å². The van der Waals surface area contributed by atoms with Gasteiger partial charge in [0.2, 0.25) is 0 Å². The van der Waals surface area contributed by atoms with Crippen LogP contribution in [0.2, 0.25) is 0 Å². The molecule has 0 saturated carbocycles. The van der Waals surface area contributed by atoms with Gasteiger partial charge in [0.05, 0.1) is 0 Å². The van der Waals surface area contributed by atoms with Crippen molar-refractivity contribution in [1.82, 2.24) is 10.3 Å². The fourth-order valence-corrected chi connectivity index (χ4v) is 2.44. The highest BCUT2D eigenvalue weighted by Gasteiger charge is 2.04. The lowest BCUT2D eigenvalue weighted by atomic mass is 10.1. The van der Waals surface area contributed by atoms with Gasteiger partial charge in [-0.3, -0.25) is 0 Å². The fourth-order valence-electron chi connectivity index (χ4n) is 2.44. The predicted molar refractivity (Wildman–Crippen MR) is 80.1 cm³/mol. The van der Waals surface area contributed by atoms with E-state index in [4.69, 9.17) is 0 Å². The molecule has 2 nitrogen and oxygen atoms in total. The monoisotopic (exact) mass is 286 g/mol. The molecule has 0 unspecified atom stereocenters. The minimum atomic E-state index is -0.808. The first-order chi connectivity index (χ1) is 10.2. The zero-order valence-corrected chi connectivity index (χ0v) is 11.5. The molecule has 0 amide bonds. The molecule has 0 radical (unpaired) electrons. The molecule has 108 valence electrons. The second-order valence-corrected chi connectivity index (χ2v) is 5.03. The van der Waals surface area contributed by atoms with Crippen molar-refractivity contribution in [2.24, 2.45) is 0 Å². The Hall–Kier alpha value is -2.20. The Balaban J connectivity index is 1.55. The van der Waals surface area contributed by atoms with Crippen LogP contribution in [0.4, 0.5) is 8.78 Å². The van der Waals surface area contributed by atoms with E-state index in [0.29, 0.717) is 6.54 Å². The van der Waals surface area contributed by atoms with Gasteiger partial charge in [-0.2, -0.15) is 0 Å². The molecule has 3 aromatic rings. The summed E-state index contributed by atoms with van der Waals surface area (Å²) in [7, 11) is 0. The Morgan fingerprint density at radius 2 is 1.86 bits per heavy atom. The Bertz CT molecular complexity index is 749. The maximum Gasteiger partial charge on any atom is 0.159 e. The SMILES string of the molecule is Fc1ccc(CNCCc2c[nH]c3ccccc23)cc1F. The first-order valence-electron chi connectivity index (χ1n) is 6.93. The number of fused-ring (bicyclic) bond motifs is 1. The summed E-state index contributed by atoms with van der Waals surface area (Å²) < 4.78 is 25.9. The van der Waals surface area contributed by atoms with Gasteiger partial charge >= 0.3 is 0 Å². The van der Waals surface area contributed by atoms with Crippen LogP contribution in [-0.2, 0) is 13.0 Å². The molecule has 4 heteroatoms. The molecule has 0 aliphatic rings. The summed E-state index contributed by atoms with van der Waals surface area (Å²) in [6, 6.07) is 12.2. The number of benzene rings is 2. The lowest BCUT2D eigenvalue weighted by Crippen LogP contribution is -2.16. The topological polar surface area (TPSA) is 27.8 Å². The highest BCUT2D eigenvalue weighted by atomic mass is 19.2. The van der Waals surface area contributed by atoms with Crippen LogP contribution in [0.15, 0.2) is 48.7 Å². The van der Waals surface area contributed by atoms with Gasteiger partial charge in [-0.15, -0.1) is 0 Å². The average Bonchev–Trinajstić information content (AvgIpc) is 2.91. The van der Waals surface area contributed by atoms with Crippen LogP contribution in [0.5, 0.6) is 0 Å². The zero-order valence-electron chi connectivity index (χ0n) is 11.5. The second-order valence-electron chi connectivity index (χ2n) is 5.03. The summed E-state index contributed by atoms with van der Waals surface area (Å²) in [5, 5.41) is 4.48. The molecule has 2 N–H and O–H groups in total. The van der Waals surface area contributed by atoms with Crippen molar-refractivity contribution in [2.75, 3.05) is 6.54 Å². The second kappa shape index (κ2) is 6.06. The molecular weight excluding hydrogens is 270 g/mol. The zero-order chi connectivity index (χ0) is 14.7. The molecular formula is C17H16F2N2. The van der Waals surface area contributed by atoms with Crippen molar-refractivity contribution in [1.29, 1.82) is 0 Å². The van der Waals surface area contributed by atoms with Gasteiger partial charge < -0.3 is 10.3 Å². The molecule has 0 saturated heterocycles. The number of hydrogen-bond donors (Lipinski definition) is 2. The Morgan fingerprint density at radius 3 is 2.71 bits per heavy atom. The standard InChI is InChI=1S/C17H16F2N2/c18-15-6-5-12(9-16(15)19)10-20-8-7-13-11-21-17-4-2-1-3-14(13)17/h1-6,9,11,20-21H,7-8,10H2. The van der Waals surface area contributed by atoms with E-state index in [1.54, 1.807) is 6.07 Å². The lowest BCUT2D eigenvalue weighted by molar-refractivity contribution is 0.506. The Morgan fingerprint density at radius 1 is 1.00 bits per heavy atom. The van der Waals surface area contributed by atoms with E-state index in [0.717, 1.165) is 30.1 Å². The summed E-state index contributed by atoms with van der Waals surface area (Å²) in [6.07, 6.45) is 2.90. The average molecular weight is 286 g/mol. The summed E-state index contributed by atoms with van der Waals surface area (Å²) in [5.74, 6) is -1.61. The fraction of sp³-hybridized carbons (Fsp3) is 0.176. The van der Waals surface area contributed by atoms with E-state index < -0.39 is 11.6 Å². The maximum absolute atomic E-state index is 13.1. The molecule has 0 fully saturated rings. The number of aromatic nitrogens is 1. The smallest absolute Gasteiger partial charge is 0.159 e. The van der Waals surface area contributed by atoms with Crippen LogP contribution in [0.1, 0.15) is 11.1 Å². The number of para-hydroxylation sites is 1. The van der Waals surface area contributed by atoms with E-state index in [2.05, 4.69) is 16.4 Å². The van der Waals surface area contributed by atoms with Crippen molar-refractivity contribution in [3.63, 3.8) is 0 Å². The van der Waals surface area contributed by atoms with Gasteiger partial charge in [0, 0.05) is 23.6 Å². The first kappa shape index (κ1) is 13.8. The van der Waals surface area contributed by atoms with Gasteiger partial charge in [0.1, 0.15) is 0 Å². The third-order valence-electron chi connectivity index (χ3n) is 3.56. The molecule has 0 bridgehead atoms. The normalized spacial score (nSPS) is 11.1. The van der Waals surface area contributed by atoms with Crippen molar-refractivity contribution >= 4 is 10.9 Å². The van der Waals surface area contributed by atoms with Crippen molar-refractivity contribution in [3.8, 4) is 0 Å². The number of nitrogens with one attached hydrogen (secondary N) is 2. The van der Waals surface area contributed by atoms with Gasteiger partial charge in [0.15, 0.2) is 11.6 Å². The molecule has 1 heterocycles. The minimum absolute atomic E-state index is 0.527. The molecule has 2 aromatic carbocycles. The summed E-state index contributed by atoms with van der Waals surface area (Å²) in [4.78, 5) is 3.24. The summed E-state index contributed by atoms with van der Waals surface area (Å²) in [6.45, 7) is 1.31. The van der Waals surface area contributed by atoms with E-state index in [1.807, 2.05) is 24.4 Å². The predicted octanol–water partition coefficient (Wildman–Crippen LogP) is 3.78. The highest BCUT2D eigenvalue weighted by molar-refractivity contribution is 5.83. The molecule has 0 spiro atoms. The van der Waals surface area contributed by atoms with Crippen LogP contribution in [0.25, 0.3) is 10.9 Å². The molecule has 0 aliphatic carbocycles. The van der Waals surface area contributed by atoms with E-state index >= 15 is 0 Å². The molecule has 0 atom stereocenters. The van der Waals surface area contributed by atoms with Gasteiger partial charge in [0.25, 0.3) is 0 Å². The largest absolute Gasteiger partial charge is 0.361 e. The summed E-state index contributed by atoms with van der Waals surface area (Å²) >= 11 is 0. The molecule has 3 rings (SSSR count). The van der Waals surface area contributed by atoms with Crippen LogP contribution < -0.4 is 5.32 Å². The van der Waals surface area contributed by atoms with Crippen molar-refractivity contribution in [2.45, 2.75) is 13.0 Å². The van der Waals surface area contributed by atoms with Gasteiger partial charge in [-0.1, -0.05) is 24.3 Å². The van der Waals surface area contributed by atoms with Crippen molar-refractivity contribution in [3.05, 3.63) is 71.4 Å². The third-order valence-corrected chi connectivity index (χ3v) is 3.56. The van der Waals surface area contributed by atoms with E-state index in [-0.39, 0.29) is 0 Å². The maximum atomic E-state index is 13.1. The van der Waals surface area contributed by atoms with Crippen LogP contribution in [0.3, 0.4) is 0 Å². The highest BCUT2D eigenvalue weighted by Crippen LogP contribution is 2.17. The van der Waals surface area contributed by atoms with Crippen LogP contribution >= 0.6 is 0 Å². The number of H-pyrrole nitrogens is 1. The van der Waals surface area contributed by atoms with Crippen molar-refractivity contribution < 1.29 is 8.78 Å². The van der Waals surface area contributed by atoms with Crippen LogP contribution in [-0.4, -0.2) is 11.5 Å². The van der Waals surface area contributed by atoms with E-state index in [9.17, 15) is 8.78 Å². The van der Waals surface area contributed by atoms with Gasteiger partial charge in [-0.05, 0) is 42.3 Å². The lowest BCUT2D eigenvalue weighted by Gasteiger charge is -2.05. The van der Waals surface area contributed by atoms with Gasteiger partial charge in [-0.25, -0.2) is 8.78 Å². The molecule has 0 aliphatic heterocycles. The Kier molecular flexibility index (Phi) is 3.97. The number of hydrogen-bond acceptors (Lipinski definition) is 1. The van der Waals surface area contributed by atoms with Crippen LogP contribution in [0, 0.1) is 11.6 Å². The third kappa shape index (κ3) is 3.11. The minimum Gasteiger partial charge on any atom is -0.361 e. The molecule has 21 heavy (non-hydrogen) atoms. The number of aromatic amines is 1. The summed E-state index contributed by atoms with van der Waals surface area (Å²) in [5.41, 5.74) is 3.13. The number of rotatable bonds is 5.